The molecule has 0 saturated heterocycles. The number of hydrogen-bond donors (Lipinski definition) is 2. The molecule has 1 amide bonds. The van der Waals surface area contributed by atoms with Crippen molar-refractivity contribution in [3.8, 4) is 0 Å². The molecule has 0 rings (SSSR count). The minimum absolute atomic E-state index is 0.0632. The first-order chi connectivity index (χ1) is 8.51. The third-order valence-electron chi connectivity index (χ3n) is 4.14. The third-order valence-corrected chi connectivity index (χ3v) is 8.64. The zero-order valence-corrected chi connectivity index (χ0v) is 14.7. The highest BCUT2D eigenvalue weighted by atomic mass is 28.4. The van der Waals surface area contributed by atoms with E-state index >= 15 is 0 Å². The smallest absolute Gasteiger partial charge is 0.219 e. The normalized spacial score (nSPS) is 16.2. The summed E-state index contributed by atoms with van der Waals surface area (Å²) in [7, 11) is 0.0700. The molecule has 0 unspecified atom stereocenters. The molecule has 0 heterocycles. The van der Waals surface area contributed by atoms with Gasteiger partial charge in [0.1, 0.15) is 0 Å². The summed E-state index contributed by atoms with van der Waals surface area (Å²) in [6.07, 6.45) is 1.24. The molecule has 3 N–H and O–H groups in total. The Morgan fingerprint density at radius 1 is 1.37 bits per heavy atom. The fraction of sp³-hybridized carbons (Fsp3) is 0.929. The molecule has 0 saturated carbocycles. The molecule has 0 bridgehead atoms. The number of nitrogens with two attached hydrogens (primary N) is 1. The van der Waals surface area contributed by atoms with Gasteiger partial charge in [-0.15, -0.1) is 0 Å². The van der Waals surface area contributed by atoms with Gasteiger partial charge in [-0.2, -0.15) is 0 Å². The van der Waals surface area contributed by atoms with Gasteiger partial charge in [-0.05, 0) is 44.1 Å². The molecule has 0 aromatic rings. The molecule has 0 aliphatic heterocycles. The van der Waals surface area contributed by atoms with Gasteiger partial charge in [0.2, 0.25) is 5.91 Å². The Morgan fingerprint density at radius 3 is 2.26 bits per heavy atom. The summed E-state index contributed by atoms with van der Waals surface area (Å²) in [6, 6.07) is 0. The summed E-state index contributed by atoms with van der Waals surface area (Å²) < 4.78 is 6.38. The summed E-state index contributed by atoms with van der Waals surface area (Å²) in [5.41, 5.74) is 5.37. The molecular formula is C14H32N2O2Si. The largest absolute Gasteiger partial charge is 0.413 e. The molecular weight excluding hydrogens is 256 g/mol. The van der Waals surface area contributed by atoms with E-state index in [1.54, 1.807) is 0 Å². The Hall–Kier alpha value is -0.393. The summed E-state index contributed by atoms with van der Waals surface area (Å²) in [5, 5.41) is 3.28. The summed E-state index contributed by atoms with van der Waals surface area (Å²) in [5.74, 6) is 0.0501. The molecule has 0 radical (unpaired) electrons. The van der Waals surface area contributed by atoms with E-state index in [1.807, 2.05) is 7.05 Å². The van der Waals surface area contributed by atoms with Crippen molar-refractivity contribution >= 4 is 14.2 Å². The minimum atomic E-state index is -1.86. The quantitative estimate of drug-likeness (QED) is 0.675. The van der Waals surface area contributed by atoms with Crippen molar-refractivity contribution in [2.45, 2.75) is 64.8 Å². The Balaban J connectivity index is 4.81. The van der Waals surface area contributed by atoms with Crippen LogP contribution in [-0.4, -0.2) is 33.9 Å². The van der Waals surface area contributed by atoms with Crippen molar-refractivity contribution < 1.29 is 9.22 Å². The molecule has 0 spiro atoms. The highest BCUT2D eigenvalue weighted by molar-refractivity contribution is 6.74. The summed E-state index contributed by atoms with van der Waals surface area (Å²) >= 11 is 0. The molecule has 19 heavy (non-hydrogen) atoms. The van der Waals surface area contributed by atoms with Gasteiger partial charge in [-0.1, -0.05) is 27.7 Å². The first-order valence-corrected chi connectivity index (χ1v) is 10.0. The lowest BCUT2D eigenvalue weighted by molar-refractivity contribution is -0.120. The maximum Gasteiger partial charge on any atom is 0.219 e. The van der Waals surface area contributed by atoms with Crippen LogP contribution in [-0.2, 0) is 9.22 Å². The highest BCUT2D eigenvalue weighted by Gasteiger charge is 2.40. The Bertz CT molecular complexity index is 288. The zero-order valence-electron chi connectivity index (χ0n) is 13.7. The Kier molecular flexibility index (Phi) is 7.25. The second-order valence-corrected chi connectivity index (χ2v) is 11.7. The second-order valence-electron chi connectivity index (χ2n) is 6.96. The van der Waals surface area contributed by atoms with Crippen LogP contribution in [0, 0.1) is 5.92 Å². The van der Waals surface area contributed by atoms with Gasteiger partial charge >= 0.3 is 0 Å². The highest BCUT2D eigenvalue weighted by Crippen LogP contribution is 2.38. The standard InChI is InChI=1S/C14H32N2O2Si/c1-11(8-9-16-5)12(10-13(15)17)18-19(6,7)14(2,3)4/h11-12,16H,8-10H2,1-7H3,(H2,15,17)/t11-,12+/m1/s1. The van der Waals surface area contributed by atoms with E-state index in [1.165, 1.54) is 0 Å². The van der Waals surface area contributed by atoms with E-state index in [-0.39, 0.29) is 17.0 Å². The topological polar surface area (TPSA) is 64.3 Å². The molecule has 114 valence electrons. The first kappa shape index (κ1) is 18.6. The summed E-state index contributed by atoms with van der Waals surface area (Å²) in [6.45, 7) is 14.1. The number of carbonyl (C=O) groups is 1. The van der Waals surface area contributed by atoms with Gasteiger partial charge in [-0.3, -0.25) is 4.79 Å². The predicted octanol–water partition coefficient (Wildman–Crippen LogP) is 2.50. The van der Waals surface area contributed by atoms with Crippen molar-refractivity contribution in [3.05, 3.63) is 0 Å². The van der Waals surface area contributed by atoms with Crippen LogP contribution in [0.15, 0.2) is 0 Å². The average molecular weight is 289 g/mol. The monoisotopic (exact) mass is 288 g/mol. The van der Waals surface area contributed by atoms with Crippen LogP contribution in [0.5, 0.6) is 0 Å². The van der Waals surface area contributed by atoms with Crippen LogP contribution in [0.4, 0.5) is 0 Å². The molecule has 0 fully saturated rings. The molecule has 0 aromatic heterocycles. The minimum Gasteiger partial charge on any atom is -0.413 e. The predicted molar refractivity (Wildman–Crippen MR) is 83.6 cm³/mol. The second kappa shape index (κ2) is 7.41. The van der Waals surface area contributed by atoms with Gasteiger partial charge in [0, 0.05) is 0 Å². The van der Waals surface area contributed by atoms with Crippen LogP contribution in [0.1, 0.15) is 40.5 Å². The van der Waals surface area contributed by atoms with Gasteiger partial charge in [0.15, 0.2) is 8.32 Å². The Labute approximate surface area is 119 Å². The van der Waals surface area contributed by atoms with Crippen LogP contribution < -0.4 is 11.1 Å². The fourth-order valence-electron chi connectivity index (χ4n) is 1.67. The maximum absolute atomic E-state index is 11.3. The van der Waals surface area contributed by atoms with Crippen LogP contribution in [0.25, 0.3) is 0 Å². The number of rotatable bonds is 8. The van der Waals surface area contributed by atoms with Crippen molar-refractivity contribution in [3.63, 3.8) is 0 Å². The lowest BCUT2D eigenvalue weighted by Gasteiger charge is -2.40. The number of primary amides is 1. The van der Waals surface area contributed by atoms with Crippen molar-refractivity contribution in [1.82, 2.24) is 5.32 Å². The molecule has 0 aromatic carbocycles. The molecule has 2 atom stereocenters. The lowest BCUT2D eigenvalue weighted by atomic mass is 9.98. The number of carbonyl (C=O) groups excluding carboxylic acids is 1. The average Bonchev–Trinajstić information content (AvgIpc) is 2.22. The van der Waals surface area contributed by atoms with Gasteiger partial charge in [-0.25, -0.2) is 0 Å². The van der Waals surface area contributed by atoms with Gasteiger partial charge < -0.3 is 15.5 Å². The van der Waals surface area contributed by atoms with Crippen molar-refractivity contribution in [1.29, 1.82) is 0 Å². The number of amides is 1. The summed E-state index contributed by atoms with van der Waals surface area (Å²) in [4.78, 5) is 11.3. The van der Waals surface area contributed by atoms with E-state index < -0.39 is 8.32 Å². The molecule has 0 aliphatic carbocycles. The van der Waals surface area contributed by atoms with Gasteiger partial charge in [0.05, 0.1) is 12.5 Å². The first-order valence-electron chi connectivity index (χ1n) is 7.12. The number of nitrogens with one attached hydrogen (secondary N) is 1. The van der Waals surface area contributed by atoms with Crippen LogP contribution in [0.2, 0.25) is 18.1 Å². The maximum atomic E-state index is 11.3. The molecule has 4 nitrogen and oxygen atoms in total. The fourth-order valence-corrected chi connectivity index (χ4v) is 3.10. The van der Waals surface area contributed by atoms with E-state index in [2.05, 4.69) is 46.1 Å². The third kappa shape index (κ3) is 6.54. The lowest BCUT2D eigenvalue weighted by Crippen LogP contribution is -2.46. The molecule has 5 heteroatoms. The SMILES string of the molecule is CNCC[C@@H](C)[C@H](CC(N)=O)O[Si](C)(C)C(C)(C)C. The zero-order chi connectivity index (χ0) is 15.3. The van der Waals surface area contributed by atoms with Crippen molar-refractivity contribution in [2.24, 2.45) is 11.7 Å². The van der Waals surface area contributed by atoms with E-state index in [0.29, 0.717) is 12.3 Å². The van der Waals surface area contributed by atoms with E-state index in [0.717, 1.165) is 13.0 Å². The van der Waals surface area contributed by atoms with Crippen LogP contribution >= 0.6 is 0 Å². The van der Waals surface area contributed by atoms with Gasteiger partial charge in [0.25, 0.3) is 0 Å². The number of hydrogen-bond acceptors (Lipinski definition) is 3. The molecule has 0 aliphatic rings. The van der Waals surface area contributed by atoms with Crippen LogP contribution in [0.3, 0.4) is 0 Å². The van der Waals surface area contributed by atoms with Crippen molar-refractivity contribution in [2.75, 3.05) is 13.6 Å². The van der Waals surface area contributed by atoms with E-state index in [9.17, 15) is 4.79 Å². The Morgan fingerprint density at radius 2 is 1.89 bits per heavy atom. The van der Waals surface area contributed by atoms with E-state index in [4.69, 9.17) is 10.2 Å².